The Morgan fingerprint density at radius 2 is 1.56 bits per heavy atom. The molecule has 1 amide bonds. The van der Waals surface area contributed by atoms with Crippen LogP contribution in [0.4, 0.5) is 18.9 Å². The Labute approximate surface area is 252 Å². The summed E-state index contributed by atoms with van der Waals surface area (Å²) in [6, 6.07) is 22.5. The van der Waals surface area contributed by atoms with Crippen molar-refractivity contribution in [3.63, 3.8) is 0 Å². The molecule has 10 heteroatoms. The number of hydrogen-bond donors (Lipinski definition) is 2. The van der Waals surface area contributed by atoms with Crippen molar-refractivity contribution in [1.29, 1.82) is 0 Å². The molecule has 0 aliphatic carbocycles. The molecule has 4 aromatic rings. The minimum absolute atomic E-state index is 0.0552. The summed E-state index contributed by atoms with van der Waals surface area (Å²) >= 11 is 6.16. The molecule has 4 rings (SSSR count). The van der Waals surface area contributed by atoms with Gasteiger partial charge in [-0.15, -0.1) is 0 Å². The van der Waals surface area contributed by atoms with Crippen LogP contribution in [0.1, 0.15) is 35.3 Å². The average Bonchev–Trinajstić information content (AvgIpc) is 2.98. The van der Waals surface area contributed by atoms with Gasteiger partial charge in [-0.3, -0.25) is 4.79 Å². The van der Waals surface area contributed by atoms with Crippen LogP contribution in [0.25, 0.3) is 11.1 Å². The third-order valence-electron chi connectivity index (χ3n) is 6.89. The summed E-state index contributed by atoms with van der Waals surface area (Å²) in [5.41, 5.74) is 2.53. The van der Waals surface area contributed by atoms with Crippen LogP contribution in [0.15, 0.2) is 91.0 Å². The van der Waals surface area contributed by atoms with Crippen LogP contribution in [-0.2, 0) is 17.4 Å². The summed E-state index contributed by atoms with van der Waals surface area (Å²) in [7, 11) is 0. The minimum Gasteiger partial charge on any atom is -0.480 e. The summed E-state index contributed by atoms with van der Waals surface area (Å²) in [6.07, 6.45) is -4.37. The van der Waals surface area contributed by atoms with Crippen LogP contribution in [0.5, 0.6) is 11.5 Å². The van der Waals surface area contributed by atoms with Gasteiger partial charge in [-0.05, 0) is 85.1 Å². The van der Waals surface area contributed by atoms with Gasteiger partial charge in [-0.2, -0.15) is 13.2 Å². The fourth-order valence-electron chi connectivity index (χ4n) is 4.62. The molecule has 0 heterocycles. The maximum atomic E-state index is 13.2. The molecule has 0 aromatic heterocycles. The highest BCUT2D eigenvalue weighted by atomic mass is 35.5. The zero-order valence-electron chi connectivity index (χ0n) is 23.5. The van der Waals surface area contributed by atoms with E-state index in [1.54, 1.807) is 42.5 Å². The average molecular weight is 611 g/mol. The Kier molecular flexibility index (Phi) is 9.98. The Morgan fingerprint density at radius 1 is 0.884 bits per heavy atom. The number of carboxylic acids is 1. The Hall–Kier alpha value is -4.50. The number of halogens is 4. The second-order valence-electron chi connectivity index (χ2n) is 9.75. The molecule has 1 unspecified atom stereocenters. The van der Waals surface area contributed by atoms with E-state index in [0.29, 0.717) is 40.7 Å². The van der Waals surface area contributed by atoms with E-state index in [1.807, 2.05) is 36.9 Å². The number of alkyl halides is 3. The molecule has 0 fully saturated rings. The van der Waals surface area contributed by atoms with Crippen molar-refractivity contribution in [2.45, 2.75) is 32.5 Å². The predicted molar refractivity (Wildman–Crippen MR) is 161 cm³/mol. The summed E-state index contributed by atoms with van der Waals surface area (Å²) in [5.74, 6) is -0.987. The fraction of sp³-hybridized carbons (Fsp3) is 0.212. The number of carbonyl (C=O) groups is 2. The van der Waals surface area contributed by atoms with Gasteiger partial charge in [0.25, 0.3) is 5.91 Å². The predicted octanol–water partition coefficient (Wildman–Crippen LogP) is 8.09. The number of amides is 1. The topological polar surface area (TPSA) is 78.9 Å². The number of hydrogen-bond acceptors (Lipinski definition) is 4. The molecular formula is C33H30ClF3N2O4. The smallest absolute Gasteiger partial charge is 0.416 e. The van der Waals surface area contributed by atoms with Crippen LogP contribution in [-0.4, -0.2) is 36.1 Å². The van der Waals surface area contributed by atoms with Crippen molar-refractivity contribution in [3.05, 3.63) is 113 Å². The van der Waals surface area contributed by atoms with Gasteiger partial charge in [0.05, 0.1) is 11.1 Å². The van der Waals surface area contributed by atoms with Crippen LogP contribution in [0.2, 0.25) is 5.02 Å². The largest absolute Gasteiger partial charge is 0.480 e. The maximum Gasteiger partial charge on any atom is 0.416 e. The molecule has 224 valence electrons. The molecule has 0 bridgehead atoms. The third-order valence-corrected chi connectivity index (χ3v) is 7.12. The highest BCUT2D eigenvalue weighted by molar-refractivity contribution is 6.31. The van der Waals surface area contributed by atoms with E-state index in [1.165, 1.54) is 18.2 Å². The number of carboxylic acid groups (broad SMARTS) is 1. The van der Waals surface area contributed by atoms with Gasteiger partial charge >= 0.3 is 12.1 Å². The number of nitrogens with zero attached hydrogens (tertiary/aromatic N) is 1. The number of rotatable bonds is 11. The number of benzene rings is 4. The van der Waals surface area contributed by atoms with E-state index < -0.39 is 29.7 Å². The van der Waals surface area contributed by atoms with E-state index in [0.717, 1.165) is 23.3 Å². The molecule has 43 heavy (non-hydrogen) atoms. The van der Waals surface area contributed by atoms with Gasteiger partial charge < -0.3 is 20.1 Å². The molecule has 2 N–H and O–H groups in total. The van der Waals surface area contributed by atoms with Gasteiger partial charge in [0, 0.05) is 30.2 Å². The molecular weight excluding hydrogens is 581 g/mol. The van der Waals surface area contributed by atoms with Crippen molar-refractivity contribution in [3.8, 4) is 22.6 Å². The van der Waals surface area contributed by atoms with Crippen LogP contribution in [0, 0.1) is 0 Å². The zero-order chi connectivity index (χ0) is 31.1. The quantitative estimate of drug-likeness (QED) is 0.179. The summed E-state index contributed by atoms with van der Waals surface area (Å²) in [5, 5.41) is 12.9. The number of carbonyl (C=O) groups excluding carboxylic acids is 1. The highest BCUT2D eigenvalue weighted by Gasteiger charge is 2.30. The van der Waals surface area contributed by atoms with Crippen LogP contribution in [0.3, 0.4) is 0 Å². The zero-order valence-corrected chi connectivity index (χ0v) is 24.2. The maximum absolute atomic E-state index is 13.2. The first-order chi connectivity index (χ1) is 20.5. The Bertz CT molecular complexity index is 1570. The molecule has 0 radical (unpaired) electrons. The molecule has 4 aromatic carbocycles. The molecule has 0 saturated carbocycles. The van der Waals surface area contributed by atoms with E-state index >= 15 is 0 Å². The van der Waals surface area contributed by atoms with Crippen molar-refractivity contribution < 1.29 is 32.6 Å². The molecule has 0 saturated heterocycles. The summed E-state index contributed by atoms with van der Waals surface area (Å²) in [6.45, 7) is 5.26. The van der Waals surface area contributed by atoms with Gasteiger partial charge in [-0.25, -0.2) is 4.79 Å². The Balaban J connectivity index is 1.46. The van der Waals surface area contributed by atoms with Gasteiger partial charge in [-0.1, -0.05) is 48.0 Å². The molecule has 6 nitrogen and oxygen atoms in total. The molecule has 0 aliphatic rings. The van der Waals surface area contributed by atoms with Crippen molar-refractivity contribution >= 4 is 29.2 Å². The fourth-order valence-corrected chi connectivity index (χ4v) is 4.79. The van der Waals surface area contributed by atoms with Gasteiger partial charge in [0.15, 0.2) is 0 Å². The number of aliphatic carboxylic acids is 1. The third kappa shape index (κ3) is 8.08. The van der Waals surface area contributed by atoms with E-state index in [9.17, 15) is 27.9 Å². The first kappa shape index (κ1) is 31.4. The van der Waals surface area contributed by atoms with Crippen molar-refractivity contribution in [1.82, 2.24) is 5.32 Å². The van der Waals surface area contributed by atoms with Gasteiger partial charge in [0.2, 0.25) is 0 Å². The van der Waals surface area contributed by atoms with E-state index in [2.05, 4.69) is 5.32 Å². The van der Waals surface area contributed by atoms with Crippen molar-refractivity contribution in [2.24, 2.45) is 0 Å². The highest BCUT2D eigenvalue weighted by Crippen LogP contribution is 2.32. The number of nitrogens with one attached hydrogen (secondary N) is 1. The van der Waals surface area contributed by atoms with E-state index in [4.69, 9.17) is 16.3 Å². The minimum atomic E-state index is -4.42. The standard InChI is InChI=1S/C33H30ClF3N2O4/c1-3-39(4-2)30-17-14-25(34)20-28(30)31(40)38-29(32(41)42)18-21-8-10-22(11-9-21)23-6-5-7-27(19-23)43-26-15-12-24(13-16-26)33(35,36)37/h5-17,19-20,29H,3-4,18H2,1-2H3,(H,38,40)(H,41,42). The first-order valence-electron chi connectivity index (χ1n) is 13.6. The SMILES string of the molecule is CCN(CC)c1ccc(Cl)cc1C(=O)NC(Cc1ccc(-c2cccc(Oc3ccc(C(F)(F)F)cc3)c2)cc1)C(=O)O. The lowest BCUT2D eigenvalue weighted by Crippen LogP contribution is -2.42. The lowest BCUT2D eigenvalue weighted by Gasteiger charge is -2.24. The lowest BCUT2D eigenvalue weighted by atomic mass is 10.00. The molecule has 1 atom stereocenters. The van der Waals surface area contributed by atoms with Crippen LogP contribution >= 0.6 is 11.6 Å². The Morgan fingerprint density at radius 3 is 2.16 bits per heavy atom. The normalized spacial score (nSPS) is 12.0. The number of anilines is 1. The van der Waals surface area contributed by atoms with Crippen molar-refractivity contribution in [2.75, 3.05) is 18.0 Å². The van der Waals surface area contributed by atoms with E-state index in [-0.39, 0.29) is 12.2 Å². The molecule has 0 aliphatic heterocycles. The second-order valence-corrected chi connectivity index (χ2v) is 10.2. The summed E-state index contributed by atoms with van der Waals surface area (Å²) < 4.78 is 44.3. The molecule has 0 spiro atoms. The number of ether oxygens (including phenoxy) is 1. The summed E-state index contributed by atoms with van der Waals surface area (Å²) in [4.78, 5) is 27.3. The lowest BCUT2D eigenvalue weighted by molar-refractivity contribution is -0.139. The monoisotopic (exact) mass is 610 g/mol. The second kappa shape index (κ2) is 13.6. The van der Waals surface area contributed by atoms with Gasteiger partial charge in [0.1, 0.15) is 17.5 Å². The first-order valence-corrected chi connectivity index (χ1v) is 14.0. The van der Waals surface area contributed by atoms with Crippen LogP contribution < -0.4 is 15.0 Å².